The summed E-state index contributed by atoms with van der Waals surface area (Å²) in [6.07, 6.45) is 0. The number of amides is 1. The maximum atomic E-state index is 11.1. The number of carbonyl (C=O) groups is 1. The molecule has 0 spiro atoms. The lowest BCUT2D eigenvalue weighted by molar-refractivity contribution is 0.100. The fourth-order valence-electron chi connectivity index (χ4n) is 1.79. The van der Waals surface area contributed by atoms with Gasteiger partial charge in [-0.2, -0.15) is 0 Å². The lowest BCUT2D eigenvalue weighted by atomic mass is 10.2. The number of carbonyl (C=O) groups excluding carboxylic acids is 1. The Hall–Kier alpha value is -2.14. The van der Waals surface area contributed by atoms with E-state index in [-0.39, 0.29) is 0 Å². The highest BCUT2D eigenvalue weighted by Crippen LogP contribution is 2.26. The number of primary amides is 1. The van der Waals surface area contributed by atoms with Crippen molar-refractivity contribution in [1.29, 1.82) is 0 Å². The summed E-state index contributed by atoms with van der Waals surface area (Å²) in [6, 6.07) is 12.6. The maximum Gasteiger partial charge on any atom is 0.248 e. The molecule has 1 heterocycles. The van der Waals surface area contributed by atoms with Gasteiger partial charge in [-0.1, -0.05) is 15.9 Å². The Labute approximate surface area is 117 Å². The van der Waals surface area contributed by atoms with Gasteiger partial charge in [0.05, 0.1) is 0 Å². The van der Waals surface area contributed by atoms with Gasteiger partial charge in [0.25, 0.3) is 0 Å². The number of hydrogen-bond donors (Lipinski definition) is 1. The molecule has 2 aromatic carbocycles. The molecule has 0 aliphatic heterocycles. The summed E-state index contributed by atoms with van der Waals surface area (Å²) >= 11 is 3.38. The van der Waals surface area contributed by atoms with E-state index in [1.807, 2.05) is 24.3 Å². The summed E-state index contributed by atoms with van der Waals surface area (Å²) in [5.41, 5.74) is 7.76. The van der Waals surface area contributed by atoms with Crippen molar-refractivity contribution in [2.45, 2.75) is 0 Å². The largest absolute Gasteiger partial charge is 0.436 e. The molecule has 0 saturated heterocycles. The second kappa shape index (κ2) is 4.51. The molecule has 0 aliphatic rings. The van der Waals surface area contributed by atoms with Gasteiger partial charge in [0.2, 0.25) is 11.8 Å². The normalized spacial score (nSPS) is 10.8. The number of rotatable bonds is 2. The average molecular weight is 317 g/mol. The fraction of sp³-hybridized carbons (Fsp3) is 0. The first-order valence-electron chi connectivity index (χ1n) is 5.60. The lowest BCUT2D eigenvalue weighted by Gasteiger charge is -1.94. The van der Waals surface area contributed by atoms with E-state index in [1.54, 1.807) is 18.2 Å². The van der Waals surface area contributed by atoms with Crippen LogP contribution in [-0.4, -0.2) is 10.9 Å². The van der Waals surface area contributed by atoms with E-state index < -0.39 is 5.91 Å². The first kappa shape index (κ1) is 11.9. The highest BCUT2D eigenvalue weighted by molar-refractivity contribution is 9.10. The van der Waals surface area contributed by atoms with Crippen LogP contribution in [0.2, 0.25) is 0 Å². The van der Waals surface area contributed by atoms with E-state index in [4.69, 9.17) is 10.2 Å². The highest BCUT2D eigenvalue weighted by Gasteiger charge is 2.10. The van der Waals surface area contributed by atoms with Gasteiger partial charge >= 0.3 is 0 Å². The maximum absolute atomic E-state index is 11.1. The Bertz CT molecular complexity index is 763. The molecule has 0 aliphatic carbocycles. The van der Waals surface area contributed by atoms with Crippen LogP contribution in [0.4, 0.5) is 0 Å². The molecule has 3 rings (SSSR count). The molecule has 19 heavy (non-hydrogen) atoms. The molecule has 0 bridgehead atoms. The van der Waals surface area contributed by atoms with Gasteiger partial charge in [-0.25, -0.2) is 4.98 Å². The van der Waals surface area contributed by atoms with Crippen molar-refractivity contribution in [1.82, 2.24) is 4.98 Å². The Morgan fingerprint density at radius 1 is 1.16 bits per heavy atom. The monoisotopic (exact) mass is 316 g/mol. The SMILES string of the molecule is NC(=O)c1ccc2nc(-c3ccc(Br)cc3)oc2c1. The predicted octanol–water partition coefficient (Wildman–Crippen LogP) is 3.36. The average Bonchev–Trinajstić information content (AvgIpc) is 2.82. The van der Waals surface area contributed by atoms with Crippen LogP contribution >= 0.6 is 15.9 Å². The zero-order valence-corrected chi connectivity index (χ0v) is 11.3. The number of nitrogens with two attached hydrogens (primary N) is 1. The summed E-state index contributed by atoms with van der Waals surface area (Å²) in [5.74, 6) is 0.0348. The topological polar surface area (TPSA) is 69.1 Å². The molecule has 0 fully saturated rings. The van der Waals surface area contributed by atoms with Crippen LogP contribution in [0.1, 0.15) is 10.4 Å². The first-order valence-corrected chi connectivity index (χ1v) is 6.39. The quantitative estimate of drug-likeness (QED) is 0.788. The first-order chi connectivity index (χ1) is 9.13. The zero-order chi connectivity index (χ0) is 13.4. The van der Waals surface area contributed by atoms with E-state index in [0.717, 1.165) is 10.0 Å². The summed E-state index contributed by atoms with van der Waals surface area (Å²) in [4.78, 5) is 15.5. The summed E-state index contributed by atoms with van der Waals surface area (Å²) in [5, 5.41) is 0. The minimum atomic E-state index is -0.483. The molecule has 4 nitrogen and oxygen atoms in total. The molecule has 2 N–H and O–H groups in total. The van der Waals surface area contributed by atoms with Crippen LogP contribution < -0.4 is 5.73 Å². The summed E-state index contributed by atoms with van der Waals surface area (Å²) in [6.45, 7) is 0. The Balaban J connectivity index is 2.11. The smallest absolute Gasteiger partial charge is 0.248 e. The van der Waals surface area contributed by atoms with Crippen LogP contribution in [0.15, 0.2) is 51.4 Å². The third-order valence-corrected chi connectivity index (χ3v) is 3.29. The molecular formula is C14H9BrN2O2. The molecule has 3 aromatic rings. The zero-order valence-electron chi connectivity index (χ0n) is 9.76. The van der Waals surface area contributed by atoms with E-state index in [1.165, 1.54) is 0 Å². The molecule has 5 heteroatoms. The predicted molar refractivity (Wildman–Crippen MR) is 75.7 cm³/mol. The minimum absolute atomic E-state index is 0.408. The van der Waals surface area contributed by atoms with Crippen molar-refractivity contribution >= 4 is 32.9 Å². The molecule has 0 unspecified atom stereocenters. The third-order valence-electron chi connectivity index (χ3n) is 2.76. The Morgan fingerprint density at radius 2 is 1.89 bits per heavy atom. The molecule has 0 saturated carbocycles. The van der Waals surface area contributed by atoms with Crippen LogP contribution in [-0.2, 0) is 0 Å². The van der Waals surface area contributed by atoms with E-state index in [2.05, 4.69) is 20.9 Å². The van der Waals surface area contributed by atoms with Gasteiger partial charge < -0.3 is 10.2 Å². The van der Waals surface area contributed by atoms with Crippen LogP contribution in [0.5, 0.6) is 0 Å². The van der Waals surface area contributed by atoms with Gasteiger partial charge in [-0.15, -0.1) is 0 Å². The van der Waals surface area contributed by atoms with Crippen LogP contribution in [0, 0.1) is 0 Å². The number of benzene rings is 2. The van der Waals surface area contributed by atoms with Crippen LogP contribution in [0.25, 0.3) is 22.6 Å². The van der Waals surface area contributed by atoms with Crippen molar-refractivity contribution in [3.63, 3.8) is 0 Å². The minimum Gasteiger partial charge on any atom is -0.436 e. The lowest BCUT2D eigenvalue weighted by Crippen LogP contribution is -2.10. The van der Waals surface area contributed by atoms with Crippen molar-refractivity contribution in [2.24, 2.45) is 5.73 Å². The van der Waals surface area contributed by atoms with Crippen molar-refractivity contribution < 1.29 is 9.21 Å². The fourth-order valence-corrected chi connectivity index (χ4v) is 2.06. The van der Waals surface area contributed by atoms with E-state index in [0.29, 0.717) is 22.6 Å². The number of oxazole rings is 1. The number of aromatic nitrogens is 1. The molecule has 0 radical (unpaired) electrons. The number of fused-ring (bicyclic) bond motifs is 1. The summed E-state index contributed by atoms with van der Waals surface area (Å²) < 4.78 is 6.64. The number of hydrogen-bond acceptors (Lipinski definition) is 3. The van der Waals surface area contributed by atoms with Crippen molar-refractivity contribution in [3.8, 4) is 11.5 Å². The van der Waals surface area contributed by atoms with Gasteiger partial charge in [0.1, 0.15) is 5.52 Å². The Morgan fingerprint density at radius 3 is 2.58 bits per heavy atom. The third kappa shape index (κ3) is 2.24. The van der Waals surface area contributed by atoms with E-state index in [9.17, 15) is 4.79 Å². The Kier molecular flexibility index (Phi) is 2.83. The number of nitrogens with zero attached hydrogens (tertiary/aromatic N) is 1. The molecule has 94 valence electrons. The second-order valence-corrected chi connectivity index (χ2v) is 4.99. The molecule has 1 aromatic heterocycles. The van der Waals surface area contributed by atoms with Crippen molar-refractivity contribution in [3.05, 3.63) is 52.5 Å². The summed E-state index contributed by atoms with van der Waals surface area (Å²) in [7, 11) is 0. The highest BCUT2D eigenvalue weighted by atomic mass is 79.9. The van der Waals surface area contributed by atoms with Gasteiger partial charge in [0, 0.05) is 15.6 Å². The molecular weight excluding hydrogens is 308 g/mol. The van der Waals surface area contributed by atoms with Crippen molar-refractivity contribution in [2.75, 3.05) is 0 Å². The second-order valence-electron chi connectivity index (χ2n) is 4.07. The van der Waals surface area contributed by atoms with Gasteiger partial charge in [0.15, 0.2) is 5.58 Å². The van der Waals surface area contributed by atoms with E-state index >= 15 is 0 Å². The van der Waals surface area contributed by atoms with Crippen LogP contribution in [0.3, 0.4) is 0 Å². The molecule has 1 amide bonds. The number of halogens is 1. The standard InChI is InChI=1S/C14H9BrN2O2/c15-10-4-1-8(2-5-10)14-17-11-6-3-9(13(16)18)7-12(11)19-14/h1-7H,(H2,16,18). The van der Waals surface area contributed by atoms with Gasteiger partial charge in [-0.3, -0.25) is 4.79 Å². The molecule has 0 atom stereocenters. The van der Waals surface area contributed by atoms with Gasteiger partial charge in [-0.05, 0) is 42.5 Å².